The second-order valence-electron chi connectivity index (χ2n) is 3.69. The minimum Gasteiger partial charge on any atom is -0.462 e. The second kappa shape index (κ2) is 9.73. The molecular weight excluding hydrogens is 286 g/mol. The Labute approximate surface area is 121 Å². The largest absolute Gasteiger partial charge is 0.462 e. The van der Waals surface area contributed by atoms with E-state index < -0.39 is 24.6 Å². The lowest BCUT2D eigenvalue weighted by molar-refractivity contribution is -0.139. The molecule has 0 aromatic rings. The zero-order chi connectivity index (χ0) is 15.5. The Hall–Kier alpha value is -2.16. The number of carbonyl (C=O) groups is 3. The van der Waals surface area contributed by atoms with Crippen LogP contribution in [-0.2, 0) is 19.1 Å². The molecule has 0 atom stereocenters. The van der Waals surface area contributed by atoms with Crippen LogP contribution < -0.4 is 16.4 Å². The molecule has 0 saturated heterocycles. The summed E-state index contributed by atoms with van der Waals surface area (Å²) in [6.45, 7) is 4.85. The number of nitrogens with two attached hydrogens (primary N) is 1. The van der Waals surface area contributed by atoms with Gasteiger partial charge in [0, 0.05) is 12.1 Å². The molecule has 20 heavy (non-hydrogen) atoms. The topological polar surface area (TPSA) is 120 Å². The molecule has 0 saturated carbocycles. The van der Waals surface area contributed by atoms with Crippen molar-refractivity contribution in [3.8, 4) is 0 Å². The summed E-state index contributed by atoms with van der Waals surface area (Å²) < 4.78 is 9.38. The van der Waals surface area contributed by atoms with E-state index in [9.17, 15) is 14.4 Å². The number of alkyl carbamates (subject to hydrolysis) is 1. The van der Waals surface area contributed by atoms with Gasteiger partial charge < -0.3 is 25.8 Å². The van der Waals surface area contributed by atoms with E-state index in [4.69, 9.17) is 10.5 Å². The monoisotopic (exact) mass is 303 g/mol. The molecule has 2 amide bonds. The van der Waals surface area contributed by atoms with E-state index in [1.807, 2.05) is 0 Å². The molecule has 0 aliphatic heterocycles. The van der Waals surface area contributed by atoms with Gasteiger partial charge in [0.2, 0.25) is 0 Å². The van der Waals surface area contributed by atoms with Gasteiger partial charge in [-0.2, -0.15) is 0 Å². The highest BCUT2D eigenvalue weighted by molar-refractivity contribution is 7.80. The third kappa shape index (κ3) is 9.83. The molecule has 0 radical (unpaired) electrons. The van der Waals surface area contributed by atoms with Crippen LogP contribution in [0, 0.1) is 0 Å². The van der Waals surface area contributed by atoms with E-state index in [0.29, 0.717) is 12.0 Å². The van der Waals surface area contributed by atoms with Crippen LogP contribution in [-0.4, -0.2) is 42.8 Å². The Morgan fingerprint density at radius 1 is 1.30 bits per heavy atom. The van der Waals surface area contributed by atoms with Crippen molar-refractivity contribution >= 4 is 35.3 Å². The Morgan fingerprint density at radius 2 is 1.95 bits per heavy atom. The number of esters is 1. The van der Waals surface area contributed by atoms with Crippen molar-refractivity contribution in [3.05, 3.63) is 12.2 Å². The van der Waals surface area contributed by atoms with Crippen LogP contribution >= 0.6 is 12.2 Å². The van der Waals surface area contributed by atoms with Crippen LogP contribution in [0.1, 0.15) is 13.3 Å². The summed E-state index contributed by atoms with van der Waals surface area (Å²) in [6.07, 6.45) is -0.359. The number of amides is 2. The molecule has 9 heteroatoms. The SMILES string of the molecule is C=C(C)C(=O)OCCCNC(=O)OCC(=O)NC(N)=S. The third-order valence-electron chi connectivity index (χ3n) is 1.77. The number of hydrogen-bond acceptors (Lipinski definition) is 6. The van der Waals surface area contributed by atoms with Crippen LogP contribution in [0.3, 0.4) is 0 Å². The number of nitrogens with one attached hydrogen (secondary N) is 2. The Morgan fingerprint density at radius 3 is 2.50 bits per heavy atom. The average Bonchev–Trinajstić information content (AvgIpc) is 2.34. The lowest BCUT2D eigenvalue weighted by Crippen LogP contribution is -2.38. The minimum absolute atomic E-state index is 0.147. The van der Waals surface area contributed by atoms with Gasteiger partial charge in [-0.3, -0.25) is 4.79 Å². The highest BCUT2D eigenvalue weighted by atomic mass is 32.1. The van der Waals surface area contributed by atoms with E-state index in [0.717, 1.165) is 0 Å². The summed E-state index contributed by atoms with van der Waals surface area (Å²) in [7, 11) is 0. The first-order chi connectivity index (χ1) is 9.32. The van der Waals surface area contributed by atoms with Crippen LogP contribution in [0.2, 0.25) is 0 Å². The molecular formula is C11H17N3O5S. The van der Waals surface area contributed by atoms with Crippen molar-refractivity contribution < 1.29 is 23.9 Å². The number of ether oxygens (including phenoxy) is 2. The van der Waals surface area contributed by atoms with Gasteiger partial charge in [0.1, 0.15) is 0 Å². The zero-order valence-electron chi connectivity index (χ0n) is 11.1. The molecule has 0 rings (SSSR count). The van der Waals surface area contributed by atoms with Crippen LogP contribution in [0.4, 0.5) is 4.79 Å². The summed E-state index contributed by atoms with van der Waals surface area (Å²) in [5.41, 5.74) is 5.36. The summed E-state index contributed by atoms with van der Waals surface area (Å²) >= 11 is 4.43. The highest BCUT2D eigenvalue weighted by Crippen LogP contribution is 1.92. The molecule has 0 aliphatic carbocycles. The first-order valence-corrected chi connectivity index (χ1v) is 6.06. The predicted molar refractivity (Wildman–Crippen MR) is 74.7 cm³/mol. The average molecular weight is 303 g/mol. The van der Waals surface area contributed by atoms with Gasteiger partial charge in [-0.25, -0.2) is 9.59 Å². The van der Waals surface area contributed by atoms with Crippen molar-refractivity contribution in [2.45, 2.75) is 13.3 Å². The van der Waals surface area contributed by atoms with E-state index in [1.165, 1.54) is 6.92 Å². The quantitative estimate of drug-likeness (QED) is 0.253. The molecule has 0 bridgehead atoms. The van der Waals surface area contributed by atoms with E-state index >= 15 is 0 Å². The van der Waals surface area contributed by atoms with Crippen LogP contribution in [0.25, 0.3) is 0 Å². The van der Waals surface area contributed by atoms with Crippen molar-refractivity contribution in [2.24, 2.45) is 5.73 Å². The molecule has 112 valence electrons. The van der Waals surface area contributed by atoms with Gasteiger partial charge in [0.25, 0.3) is 5.91 Å². The summed E-state index contributed by atoms with van der Waals surface area (Å²) in [5.74, 6) is -1.11. The first kappa shape index (κ1) is 17.8. The second-order valence-corrected chi connectivity index (χ2v) is 4.12. The lowest BCUT2D eigenvalue weighted by atomic mass is 10.3. The molecule has 0 unspecified atom stereocenters. The lowest BCUT2D eigenvalue weighted by Gasteiger charge is -2.07. The van der Waals surface area contributed by atoms with Crippen molar-refractivity contribution in [3.63, 3.8) is 0 Å². The fourth-order valence-electron chi connectivity index (χ4n) is 0.906. The van der Waals surface area contributed by atoms with Crippen molar-refractivity contribution in [1.82, 2.24) is 10.6 Å². The molecule has 0 spiro atoms. The summed E-state index contributed by atoms with van der Waals surface area (Å²) in [6, 6.07) is 0. The maximum atomic E-state index is 11.1. The van der Waals surface area contributed by atoms with Gasteiger partial charge in [-0.1, -0.05) is 6.58 Å². The molecule has 4 N–H and O–H groups in total. The summed E-state index contributed by atoms with van der Waals surface area (Å²) in [4.78, 5) is 33.2. The van der Waals surface area contributed by atoms with Gasteiger partial charge in [0.05, 0.1) is 6.61 Å². The molecule has 0 aromatic heterocycles. The number of thiocarbonyl (C=S) groups is 1. The normalized spacial score (nSPS) is 9.25. The molecule has 0 heterocycles. The fourth-order valence-corrected chi connectivity index (χ4v) is 1.02. The van der Waals surface area contributed by atoms with Gasteiger partial charge in [-0.15, -0.1) is 0 Å². The predicted octanol–water partition coefficient (Wildman–Crippen LogP) is -0.418. The number of carbonyl (C=O) groups excluding carboxylic acids is 3. The van der Waals surface area contributed by atoms with Crippen molar-refractivity contribution in [1.29, 1.82) is 0 Å². The van der Waals surface area contributed by atoms with E-state index in [2.05, 4.69) is 34.2 Å². The van der Waals surface area contributed by atoms with Gasteiger partial charge in [-0.05, 0) is 25.6 Å². The van der Waals surface area contributed by atoms with E-state index in [1.54, 1.807) is 0 Å². The van der Waals surface area contributed by atoms with Crippen LogP contribution in [0.5, 0.6) is 0 Å². The third-order valence-corrected chi connectivity index (χ3v) is 1.87. The summed E-state index contributed by atoms with van der Waals surface area (Å²) in [5, 5.41) is 4.28. The zero-order valence-corrected chi connectivity index (χ0v) is 11.9. The fraction of sp³-hybridized carbons (Fsp3) is 0.455. The standard InChI is InChI=1S/C11H17N3O5S/c1-7(2)9(16)18-5-3-4-13-11(17)19-6-8(15)14-10(12)20/h1,3-6H2,2H3,(H,13,17)(H3,12,14,15,20). The maximum absolute atomic E-state index is 11.1. The molecule has 0 aromatic carbocycles. The highest BCUT2D eigenvalue weighted by Gasteiger charge is 2.07. The number of rotatable bonds is 7. The Balaban J connectivity index is 3.59. The minimum atomic E-state index is -0.769. The van der Waals surface area contributed by atoms with Crippen molar-refractivity contribution in [2.75, 3.05) is 19.8 Å². The molecule has 0 aliphatic rings. The number of hydrogen-bond donors (Lipinski definition) is 3. The van der Waals surface area contributed by atoms with Crippen LogP contribution in [0.15, 0.2) is 12.2 Å². The Kier molecular flexibility index (Phi) is 8.68. The maximum Gasteiger partial charge on any atom is 0.407 e. The molecule has 8 nitrogen and oxygen atoms in total. The van der Waals surface area contributed by atoms with Gasteiger partial charge in [0.15, 0.2) is 11.7 Å². The Bertz CT molecular complexity index is 411. The smallest absolute Gasteiger partial charge is 0.407 e. The van der Waals surface area contributed by atoms with Gasteiger partial charge >= 0.3 is 12.1 Å². The molecule has 0 fully saturated rings. The van der Waals surface area contributed by atoms with E-state index in [-0.39, 0.29) is 18.3 Å². The first-order valence-electron chi connectivity index (χ1n) is 5.65.